The number of likely N-dealkylation sites (tertiary alicyclic amines) is 1. The van der Waals surface area contributed by atoms with E-state index in [0.717, 1.165) is 24.1 Å². The maximum atomic E-state index is 12.5. The molecule has 0 saturated carbocycles. The Morgan fingerprint density at radius 1 is 1.25 bits per heavy atom. The second-order valence-electron chi connectivity index (χ2n) is 6.89. The Hall–Kier alpha value is -3.03. The van der Waals surface area contributed by atoms with E-state index < -0.39 is 0 Å². The van der Waals surface area contributed by atoms with Crippen molar-refractivity contribution in [2.45, 2.75) is 32.4 Å². The number of nitrogens with one attached hydrogen (secondary N) is 1. The van der Waals surface area contributed by atoms with Crippen LogP contribution in [0.1, 0.15) is 25.3 Å². The second-order valence-corrected chi connectivity index (χ2v) is 6.89. The lowest BCUT2D eigenvalue weighted by Gasteiger charge is -2.32. The van der Waals surface area contributed by atoms with Crippen molar-refractivity contribution in [1.82, 2.24) is 24.9 Å². The molecular formula is C20H27N5O3. The smallest absolute Gasteiger partial charge is 0.409 e. The molecule has 3 amide bonds. The molecule has 8 nitrogen and oxygen atoms in total. The van der Waals surface area contributed by atoms with Gasteiger partial charge in [0, 0.05) is 37.9 Å². The summed E-state index contributed by atoms with van der Waals surface area (Å²) in [5, 5.41) is 7.41. The molecule has 2 heterocycles. The summed E-state index contributed by atoms with van der Waals surface area (Å²) in [6.07, 6.45) is 4.88. The molecule has 1 aliphatic rings. The number of para-hydroxylation sites is 1. The van der Waals surface area contributed by atoms with Crippen molar-refractivity contribution in [3.63, 3.8) is 0 Å². The Morgan fingerprint density at radius 3 is 2.64 bits per heavy atom. The molecule has 0 spiro atoms. The summed E-state index contributed by atoms with van der Waals surface area (Å²) in [7, 11) is 1.77. The van der Waals surface area contributed by atoms with Crippen LogP contribution in [0.5, 0.6) is 0 Å². The zero-order valence-electron chi connectivity index (χ0n) is 16.4. The van der Waals surface area contributed by atoms with Gasteiger partial charge in [-0.15, -0.1) is 0 Å². The number of ether oxygens (including phenoxy) is 1. The monoisotopic (exact) mass is 385 g/mol. The highest BCUT2D eigenvalue weighted by Crippen LogP contribution is 2.13. The third-order valence-electron chi connectivity index (χ3n) is 4.77. The summed E-state index contributed by atoms with van der Waals surface area (Å²) < 4.78 is 6.82. The van der Waals surface area contributed by atoms with Crippen LogP contribution in [0.3, 0.4) is 0 Å². The second kappa shape index (κ2) is 9.25. The van der Waals surface area contributed by atoms with E-state index in [-0.39, 0.29) is 18.2 Å². The highest BCUT2D eigenvalue weighted by Gasteiger charge is 2.25. The summed E-state index contributed by atoms with van der Waals surface area (Å²) in [4.78, 5) is 27.6. The highest BCUT2D eigenvalue weighted by molar-refractivity contribution is 5.74. The SMILES string of the molecule is CCOC(=O)N1CCC(NC(=O)N(C)Cc2cnn(-c3ccccc3)c2)CC1. The Labute approximate surface area is 165 Å². The Bertz CT molecular complexity index is 784. The molecule has 150 valence electrons. The lowest BCUT2D eigenvalue weighted by atomic mass is 10.1. The molecule has 3 rings (SSSR count). The minimum absolute atomic E-state index is 0.0627. The van der Waals surface area contributed by atoms with Gasteiger partial charge in [0.05, 0.1) is 25.0 Å². The molecule has 0 radical (unpaired) electrons. The molecule has 0 bridgehead atoms. The molecule has 0 atom stereocenters. The van der Waals surface area contributed by atoms with E-state index in [1.165, 1.54) is 0 Å². The van der Waals surface area contributed by atoms with Gasteiger partial charge in [-0.1, -0.05) is 18.2 Å². The van der Waals surface area contributed by atoms with Crippen molar-refractivity contribution < 1.29 is 14.3 Å². The summed E-state index contributed by atoms with van der Waals surface area (Å²) in [6.45, 7) is 3.83. The molecule has 0 aliphatic carbocycles. The van der Waals surface area contributed by atoms with E-state index in [9.17, 15) is 9.59 Å². The van der Waals surface area contributed by atoms with Gasteiger partial charge in [0.25, 0.3) is 0 Å². The predicted octanol–water partition coefficient (Wildman–Crippen LogP) is 2.63. The molecule has 1 aromatic carbocycles. The number of carbonyl (C=O) groups is 2. The third kappa shape index (κ3) is 5.03. The van der Waals surface area contributed by atoms with Crippen LogP contribution in [-0.4, -0.2) is 64.5 Å². The summed E-state index contributed by atoms with van der Waals surface area (Å²) >= 11 is 0. The fourth-order valence-corrected chi connectivity index (χ4v) is 3.22. The fourth-order valence-electron chi connectivity index (χ4n) is 3.22. The van der Waals surface area contributed by atoms with Crippen molar-refractivity contribution in [3.05, 3.63) is 48.3 Å². The molecule has 1 fully saturated rings. The number of nitrogens with zero attached hydrogens (tertiary/aromatic N) is 4. The maximum absolute atomic E-state index is 12.5. The summed E-state index contributed by atoms with van der Waals surface area (Å²) in [5.74, 6) is 0. The number of urea groups is 1. The standard InChI is InChI=1S/C20H27N5O3/c1-3-28-20(27)24-11-9-17(10-12-24)22-19(26)23(2)14-16-13-21-25(15-16)18-7-5-4-6-8-18/h4-8,13,15,17H,3,9-12,14H2,1-2H3,(H,22,26). The van der Waals surface area contributed by atoms with Gasteiger partial charge in [-0.25, -0.2) is 14.3 Å². The Kier molecular flexibility index (Phi) is 6.52. The van der Waals surface area contributed by atoms with Crippen molar-refractivity contribution in [3.8, 4) is 5.69 Å². The van der Waals surface area contributed by atoms with Gasteiger partial charge in [-0.05, 0) is 31.9 Å². The van der Waals surface area contributed by atoms with E-state index in [4.69, 9.17) is 4.74 Å². The molecule has 2 aromatic rings. The van der Waals surface area contributed by atoms with Gasteiger partial charge < -0.3 is 19.9 Å². The summed E-state index contributed by atoms with van der Waals surface area (Å²) in [5.41, 5.74) is 1.94. The lowest BCUT2D eigenvalue weighted by Crippen LogP contribution is -2.49. The van der Waals surface area contributed by atoms with Gasteiger partial charge in [0.1, 0.15) is 0 Å². The van der Waals surface area contributed by atoms with Crippen molar-refractivity contribution in [2.24, 2.45) is 0 Å². The number of carbonyl (C=O) groups excluding carboxylic acids is 2. The van der Waals surface area contributed by atoms with Crippen LogP contribution in [0.15, 0.2) is 42.7 Å². The number of amides is 3. The zero-order valence-corrected chi connectivity index (χ0v) is 16.4. The first kappa shape index (κ1) is 19.7. The van der Waals surface area contributed by atoms with Crippen LogP contribution in [0.2, 0.25) is 0 Å². The number of rotatable bonds is 5. The maximum Gasteiger partial charge on any atom is 0.409 e. The van der Waals surface area contributed by atoms with Gasteiger partial charge in [-0.3, -0.25) is 0 Å². The minimum atomic E-state index is -0.278. The highest BCUT2D eigenvalue weighted by atomic mass is 16.6. The minimum Gasteiger partial charge on any atom is -0.450 e. The molecule has 0 unspecified atom stereocenters. The average Bonchev–Trinajstić information content (AvgIpc) is 3.18. The fraction of sp³-hybridized carbons (Fsp3) is 0.450. The van der Waals surface area contributed by atoms with E-state index >= 15 is 0 Å². The van der Waals surface area contributed by atoms with Crippen molar-refractivity contribution >= 4 is 12.1 Å². The average molecular weight is 385 g/mol. The van der Waals surface area contributed by atoms with Crippen LogP contribution >= 0.6 is 0 Å². The summed E-state index contributed by atoms with van der Waals surface area (Å²) in [6, 6.07) is 9.79. The third-order valence-corrected chi connectivity index (χ3v) is 4.77. The van der Waals surface area contributed by atoms with Crippen LogP contribution in [-0.2, 0) is 11.3 Å². The van der Waals surface area contributed by atoms with Crippen LogP contribution < -0.4 is 5.32 Å². The number of piperidine rings is 1. The van der Waals surface area contributed by atoms with Crippen molar-refractivity contribution in [2.75, 3.05) is 26.7 Å². The van der Waals surface area contributed by atoms with Gasteiger partial charge >= 0.3 is 12.1 Å². The van der Waals surface area contributed by atoms with Crippen molar-refractivity contribution in [1.29, 1.82) is 0 Å². The number of benzene rings is 1. The molecular weight excluding hydrogens is 358 g/mol. The lowest BCUT2D eigenvalue weighted by molar-refractivity contribution is 0.0952. The quantitative estimate of drug-likeness (QED) is 0.858. The van der Waals surface area contributed by atoms with Gasteiger partial charge in [0.15, 0.2) is 0 Å². The molecule has 8 heteroatoms. The van der Waals surface area contributed by atoms with E-state index in [2.05, 4.69) is 10.4 Å². The van der Waals surface area contributed by atoms with Crippen LogP contribution in [0.4, 0.5) is 9.59 Å². The molecule has 1 N–H and O–H groups in total. The number of aromatic nitrogens is 2. The van der Waals surface area contributed by atoms with E-state index in [1.54, 1.807) is 34.6 Å². The Balaban J connectivity index is 1.47. The zero-order chi connectivity index (χ0) is 19.9. The normalized spacial score (nSPS) is 14.6. The Morgan fingerprint density at radius 2 is 1.96 bits per heavy atom. The molecule has 1 saturated heterocycles. The molecule has 28 heavy (non-hydrogen) atoms. The predicted molar refractivity (Wildman–Crippen MR) is 105 cm³/mol. The first-order valence-corrected chi connectivity index (χ1v) is 9.59. The first-order chi connectivity index (χ1) is 13.6. The molecule has 1 aliphatic heterocycles. The van der Waals surface area contributed by atoms with E-state index in [0.29, 0.717) is 26.2 Å². The number of hydrogen-bond donors (Lipinski definition) is 1. The van der Waals surface area contributed by atoms with Crippen LogP contribution in [0, 0.1) is 0 Å². The van der Waals surface area contributed by atoms with Crippen LogP contribution in [0.25, 0.3) is 5.69 Å². The molecule has 1 aromatic heterocycles. The first-order valence-electron chi connectivity index (χ1n) is 9.59. The largest absolute Gasteiger partial charge is 0.450 e. The number of hydrogen-bond acceptors (Lipinski definition) is 4. The topological polar surface area (TPSA) is 79.7 Å². The van der Waals surface area contributed by atoms with E-state index in [1.807, 2.05) is 36.5 Å². The van der Waals surface area contributed by atoms with Gasteiger partial charge in [-0.2, -0.15) is 5.10 Å². The van der Waals surface area contributed by atoms with Gasteiger partial charge in [0.2, 0.25) is 0 Å².